The summed E-state index contributed by atoms with van der Waals surface area (Å²) in [6.07, 6.45) is 1.67. The minimum atomic E-state index is -3.61. The Labute approximate surface area is 205 Å². The van der Waals surface area contributed by atoms with Gasteiger partial charge in [0.2, 0.25) is 15.9 Å². The first-order chi connectivity index (χ1) is 16.9. The van der Waals surface area contributed by atoms with Crippen molar-refractivity contribution in [2.75, 3.05) is 61.7 Å². The van der Waals surface area contributed by atoms with Gasteiger partial charge in [0.1, 0.15) is 11.9 Å². The van der Waals surface area contributed by atoms with Crippen LogP contribution in [0.1, 0.15) is 19.8 Å². The van der Waals surface area contributed by atoms with Crippen LogP contribution in [0.15, 0.2) is 41.3 Å². The fourth-order valence-electron chi connectivity index (χ4n) is 4.93. The van der Waals surface area contributed by atoms with Gasteiger partial charge in [-0.3, -0.25) is 4.79 Å². The number of likely N-dealkylation sites (N-methyl/N-ethyl adjacent to an activating group) is 1. The smallest absolute Gasteiger partial charge is 0.249 e. The first kappa shape index (κ1) is 24.0. The highest BCUT2D eigenvalue weighted by Gasteiger charge is 2.39. The van der Waals surface area contributed by atoms with E-state index in [9.17, 15) is 13.2 Å². The van der Waals surface area contributed by atoms with Gasteiger partial charge in [0, 0.05) is 45.1 Å². The van der Waals surface area contributed by atoms with Crippen LogP contribution in [0.3, 0.4) is 0 Å². The van der Waals surface area contributed by atoms with E-state index in [0.29, 0.717) is 51.0 Å². The van der Waals surface area contributed by atoms with E-state index in [4.69, 9.17) is 14.5 Å². The van der Waals surface area contributed by atoms with Crippen LogP contribution in [0.2, 0.25) is 0 Å². The molecule has 10 nitrogen and oxygen atoms in total. The lowest BCUT2D eigenvalue weighted by atomic mass is 10.0. The Morgan fingerprint density at radius 3 is 2.49 bits per heavy atom. The zero-order chi connectivity index (χ0) is 24.6. The SMILES string of the molecule is CC1C(=O)N(C)c2ccc(Nc3cccc(S(=O)(=O)N4CCOCC4)c3)nc2N1C1CCOCC1. The van der Waals surface area contributed by atoms with E-state index in [2.05, 4.69) is 10.2 Å². The van der Waals surface area contributed by atoms with Gasteiger partial charge in [0.15, 0.2) is 5.82 Å². The number of hydrogen-bond donors (Lipinski definition) is 1. The number of benzene rings is 1. The molecule has 2 fully saturated rings. The number of amides is 1. The predicted octanol–water partition coefficient (Wildman–Crippen LogP) is 2.20. The van der Waals surface area contributed by atoms with E-state index >= 15 is 0 Å². The van der Waals surface area contributed by atoms with Crippen molar-refractivity contribution < 1.29 is 22.7 Å². The molecule has 1 N–H and O–H groups in total. The number of aromatic nitrogens is 1. The fourth-order valence-corrected chi connectivity index (χ4v) is 6.39. The van der Waals surface area contributed by atoms with Crippen LogP contribution in [0.5, 0.6) is 0 Å². The van der Waals surface area contributed by atoms with Crippen LogP contribution < -0.4 is 15.1 Å². The molecule has 1 aromatic heterocycles. The van der Waals surface area contributed by atoms with E-state index in [-0.39, 0.29) is 22.9 Å². The number of fused-ring (bicyclic) bond motifs is 1. The van der Waals surface area contributed by atoms with Crippen molar-refractivity contribution >= 4 is 38.9 Å². The average molecular weight is 502 g/mol. The second-order valence-corrected chi connectivity index (χ2v) is 11.0. The number of nitrogens with zero attached hydrogens (tertiary/aromatic N) is 4. The molecule has 3 aliphatic rings. The minimum Gasteiger partial charge on any atom is -0.381 e. The summed E-state index contributed by atoms with van der Waals surface area (Å²) in [4.78, 5) is 21.8. The van der Waals surface area contributed by atoms with E-state index in [1.165, 1.54) is 4.31 Å². The number of sulfonamides is 1. The number of pyridine rings is 1. The highest BCUT2D eigenvalue weighted by atomic mass is 32.2. The second-order valence-electron chi connectivity index (χ2n) is 9.03. The topological polar surface area (TPSA) is 104 Å². The molecule has 2 saturated heterocycles. The lowest BCUT2D eigenvalue weighted by Crippen LogP contribution is -2.56. The van der Waals surface area contributed by atoms with E-state index in [0.717, 1.165) is 24.3 Å². The average Bonchev–Trinajstić information content (AvgIpc) is 2.89. The van der Waals surface area contributed by atoms with Gasteiger partial charge in [0.05, 0.1) is 23.8 Å². The first-order valence-electron chi connectivity index (χ1n) is 12.0. The summed E-state index contributed by atoms with van der Waals surface area (Å²) >= 11 is 0. The Bertz CT molecular complexity index is 1190. The predicted molar refractivity (Wildman–Crippen MR) is 133 cm³/mol. The van der Waals surface area contributed by atoms with Crippen LogP contribution in [-0.2, 0) is 24.3 Å². The maximum atomic E-state index is 13.1. The molecule has 11 heteroatoms. The van der Waals surface area contributed by atoms with Crippen LogP contribution >= 0.6 is 0 Å². The van der Waals surface area contributed by atoms with Crippen molar-refractivity contribution in [1.29, 1.82) is 0 Å². The molecule has 2 aromatic rings. The minimum absolute atomic E-state index is 0.0347. The molecule has 3 aliphatic heterocycles. The molecule has 188 valence electrons. The summed E-state index contributed by atoms with van der Waals surface area (Å²) in [5, 5.41) is 3.26. The Morgan fingerprint density at radius 1 is 1.03 bits per heavy atom. The number of ether oxygens (including phenoxy) is 2. The van der Waals surface area contributed by atoms with Crippen LogP contribution in [-0.4, -0.2) is 82.3 Å². The summed E-state index contributed by atoms with van der Waals surface area (Å²) in [5.74, 6) is 1.36. The number of anilines is 4. The van der Waals surface area contributed by atoms with Crippen molar-refractivity contribution in [3.8, 4) is 0 Å². The monoisotopic (exact) mass is 501 g/mol. The molecule has 0 radical (unpaired) electrons. The Balaban J connectivity index is 1.44. The van der Waals surface area contributed by atoms with Gasteiger partial charge in [-0.1, -0.05) is 6.07 Å². The molecule has 0 bridgehead atoms. The molecule has 1 aromatic carbocycles. The number of morpholine rings is 1. The second kappa shape index (κ2) is 9.73. The molecule has 35 heavy (non-hydrogen) atoms. The van der Waals surface area contributed by atoms with Crippen molar-refractivity contribution in [3.63, 3.8) is 0 Å². The van der Waals surface area contributed by atoms with Crippen molar-refractivity contribution in [2.45, 2.75) is 36.7 Å². The number of nitrogens with one attached hydrogen (secondary N) is 1. The molecule has 5 rings (SSSR count). The molecular formula is C24H31N5O5S. The Kier molecular flexibility index (Phi) is 6.67. The molecule has 0 saturated carbocycles. The Hall–Kier alpha value is -2.73. The third-order valence-corrected chi connectivity index (χ3v) is 8.76. The molecule has 1 atom stereocenters. The van der Waals surface area contributed by atoms with Crippen LogP contribution in [0.25, 0.3) is 0 Å². The van der Waals surface area contributed by atoms with Crippen molar-refractivity contribution in [2.24, 2.45) is 0 Å². The maximum absolute atomic E-state index is 13.1. The van der Waals surface area contributed by atoms with Gasteiger partial charge < -0.3 is 24.6 Å². The maximum Gasteiger partial charge on any atom is 0.249 e. The first-order valence-corrected chi connectivity index (χ1v) is 13.4. The zero-order valence-electron chi connectivity index (χ0n) is 20.0. The lowest BCUT2D eigenvalue weighted by molar-refractivity contribution is -0.119. The molecule has 0 aliphatic carbocycles. The van der Waals surface area contributed by atoms with Gasteiger partial charge in [-0.2, -0.15) is 4.31 Å². The summed E-state index contributed by atoms with van der Waals surface area (Å²) < 4.78 is 38.4. The number of carbonyl (C=O) groups excluding carboxylic acids is 1. The van der Waals surface area contributed by atoms with Gasteiger partial charge >= 0.3 is 0 Å². The number of hydrogen-bond acceptors (Lipinski definition) is 8. The highest BCUT2D eigenvalue weighted by Crippen LogP contribution is 2.38. The zero-order valence-corrected chi connectivity index (χ0v) is 20.8. The van der Waals surface area contributed by atoms with Gasteiger partial charge in [-0.25, -0.2) is 13.4 Å². The molecular weight excluding hydrogens is 470 g/mol. The van der Waals surface area contributed by atoms with Crippen LogP contribution in [0.4, 0.5) is 23.0 Å². The molecule has 1 unspecified atom stereocenters. The van der Waals surface area contributed by atoms with E-state index in [1.54, 1.807) is 30.1 Å². The summed E-state index contributed by atoms with van der Waals surface area (Å²) in [6.45, 7) is 4.73. The van der Waals surface area contributed by atoms with Crippen LogP contribution in [0, 0.1) is 0 Å². The standard InChI is InChI=1S/C24H31N5O5S/c1-17-24(30)27(2)21-6-7-22(26-23(21)29(17)19-8-12-33-13-9-19)25-18-4-3-5-20(16-18)35(31,32)28-10-14-34-15-11-28/h3-7,16-17,19H,8-15H2,1-2H3,(H,25,26). The normalized spacial score (nSPS) is 22.2. The summed E-state index contributed by atoms with van der Waals surface area (Å²) in [7, 11) is -1.83. The summed E-state index contributed by atoms with van der Waals surface area (Å²) in [5.41, 5.74) is 1.38. The van der Waals surface area contributed by atoms with Gasteiger partial charge in [-0.15, -0.1) is 0 Å². The van der Waals surface area contributed by atoms with E-state index < -0.39 is 10.0 Å². The largest absolute Gasteiger partial charge is 0.381 e. The van der Waals surface area contributed by atoms with Gasteiger partial charge in [-0.05, 0) is 50.1 Å². The lowest BCUT2D eigenvalue weighted by Gasteiger charge is -2.44. The van der Waals surface area contributed by atoms with E-state index in [1.807, 2.05) is 25.1 Å². The third kappa shape index (κ3) is 4.61. The summed E-state index contributed by atoms with van der Waals surface area (Å²) in [6, 6.07) is 10.3. The number of rotatable bonds is 5. The van der Waals surface area contributed by atoms with Crippen molar-refractivity contribution in [3.05, 3.63) is 36.4 Å². The molecule has 4 heterocycles. The molecule has 1 amide bonds. The highest BCUT2D eigenvalue weighted by molar-refractivity contribution is 7.89. The van der Waals surface area contributed by atoms with Crippen molar-refractivity contribution in [1.82, 2.24) is 9.29 Å². The molecule has 0 spiro atoms. The quantitative estimate of drug-likeness (QED) is 0.665. The Morgan fingerprint density at radius 2 is 1.74 bits per heavy atom. The van der Waals surface area contributed by atoms with Gasteiger partial charge in [0.25, 0.3) is 0 Å². The number of carbonyl (C=O) groups is 1. The third-order valence-electron chi connectivity index (χ3n) is 6.86. The fraction of sp³-hybridized carbons (Fsp3) is 0.500.